The second kappa shape index (κ2) is 6.80. The molecule has 1 heterocycles. The number of ketones is 1. The summed E-state index contributed by atoms with van der Waals surface area (Å²) in [5.74, 6) is -0.121. The number of hydrogen-bond acceptors (Lipinski definition) is 3. The molecule has 3 nitrogen and oxygen atoms in total. The number of benzene rings is 2. The van der Waals surface area contributed by atoms with Gasteiger partial charge in [0.25, 0.3) is 0 Å². The van der Waals surface area contributed by atoms with Gasteiger partial charge in [-0.1, -0.05) is 60.7 Å². The van der Waals surface area contributed by atoms with Crippen molar-refractivity contribution in [3.05, 3.63) is 71.8 Å². The van der Waals surface area contributed by atoms with Crippen molar-refractivity contribution >= 4 is 11.5 Å². The molecule has 120 valence electrons. The number of hydrogen-bond donors (Lipinski definition) is 0. The van der Waals surface area contributed by atoms with Crippen LogP contribution >= 0.6 is 0 Å². The molecule has 0 aliphatic carbocycles. The van der Waals surface area contributed by atoms with Crippen LogP contribution in [0.15, 0.2) is 65.7 Å². The molecule has 1 aliphatic rings. The molecule has 2 aromatic carbocycles. The van der Waals surface area contributed by atoms with Crippen LogP contribution in [0.2, 0.25) is 0 Å². The van der Waals surface area contributed by atoms with E-state index >= 15 is 0 Å². The fraction of sp³-hybridized carbons (Fsp3) is 0.286. The summed E-state index contributed by atoms with van der Waals surface area (Å²) >= 11 is 0. The number of Topliss-reactive ketones (excluding diaryl/α,β-unsaturated/α-hetero) is 1. The maximum Gasteiger partial charge on any atom is 0.154 e. The van der Waals surface area contributed by atoms with Crippen molar-refractivity contribution in [1.29, 1.82) is 5.26 Å². The normalized spacial score (nSPS) is 20.9. The van der Waals surface area contributed by atoms with Gasteiger partial charge in [-0.2, -0.15) is 5.26 Å². The minimum Gasteiger partial charge on any atom is -0.300 e. The maximum atomic E-state index is 11.8. The summed E-state index contributed by atoms with van der Waals surface area (Å²) in [6.07, 6.45) is 1.75. The third-order valence-corrected chi connectivity index (χ3v) is 4.65. The van der Waals surface area contributed by atoms with Crippen molar-refractivity contribution in [2.75, 3.05) is 0 Å². The Kier molecular flexibility index (Phi) is 4.57. The van der Waals surface area contributed by atoms with Crippen LogP contribution < -0.4 is 0 Å². The van der Waals surface area contributed by atoms with Crippen LogP contribution in [-0.4, -0.2) is 17.0 Å². The Balaban J connectivity index is 2.03. The highest BCUT2D eigenvalue weighted by atomic mass is 16.1. The van der Waals surface area contributed by atoms with E-state index in [1.54, 1.807) is 6.92 Å². The smallest absolute Gasteiger partial charge is 0.154 e. The van der Waals surface area contributed by atoms with Gasteiger partial charge in [0.15, 0.2) is 5.54 Å². The minimum atomic E-state index is -0.863. The lowest BCUT2D eigenvalue weighted by Gasteiger charge is -2.28. The summed E-state index contributed by atoms with van der Waals surface area (Å²) in [5, 5.41) is 9.96. The Hall–Kier alpha value is -2.73. The monoisotopic (exact) mass is 316 g/mol. The molecule has 0 amide bonds. The van der Waals surface area contributed by atoms with Crippen molar-refractivity contribution in [3.8, 4) is 6.07 Å². The van der Waals surface area contributed by atoms with Gasteiger partial charge in [-0.05, 0) is 30.9 Å². The first kappa shape index (κ1) is 16.1. The summed E-state index contributed by atoms with van der Waals surface area (Å²) in [4.78, 5) is 16.7. The molecule has 3 heteroatoms. The molecule has 0 saturated carbocycles. The average Bonchev–Trinajstić information content (AvgIpc) is 3.07. The Morgan fingerprint density at radius 1 is 1.17 bits per heavy atom. The predicted octanol–water partition coefficient (Wildman–Crippen LogP) is 4.29. The molecule has 0 saturated heterocycles. The molecule has 0 spiro atoms. The van der Waals surface area contributed by atoms with Crippen LogP contribution in [0, 0.1) is 11.3 Å². The largest absolute Gasteiger partial charge is 0.300 e. The molecule has 2 atom stereocenters. The van der Waals surface area contributed by atoms with E-state index in [2.05, 4.69) is 6.07 Å². The molecular formula is C21H20N2O. The van der Waals surface area contributed by atoms with Crippen molar-refractivity contribution in [2.45, 2.75) is 37.6 Å². The number of rotatable bonds is 5. The molecule has 0 N–H and O–H groups in total. The maximum absolute atomic E-state index is 11.8. The molecule has 1 unspecified atom stereocenters. The average molecular weight is 316 g/mol. The standard InChI is InChI=1S/C21H20N2O/c1-16(24)14-19(17-8-4-2-5-9-17)21(15-22)13-12-20(23-21)18-10-6-3-7-11-18/h2-11,19H,12-14H2,1H3/t19?,21-/m1/s1. The lowest BCUT2D eigenvalue weighted by Crippen LogP contribution is -2.32. The van der Waals surface area contributed by atoms with Crippen molar-refractivity contribution < 1.29 is 4.79 Å². The van der Waals surface area contributed by atoms with Gasteiger partial charge in [0, 0.05) is 18.1 Å². The van der Waals surface area contributed by atoms with Crippen LogP contribution in [0.1, 0.15) is 43.2 Å². The van der Waals surface area contributed by atoms with E-state index in [1.165, 1.54) is 0 Å². The molecule has 0 bridgehead atoms. The first-order chi connectivity index (χ1) is 11.6. The highest BCUT2D eigenvalue weighted by Gasteiger charge is 2.44. The minimum absolute atomic E-state index is 0.0850. The van der Waals surface area contributed by atoms with Gasteiger partial charge in [0.05, 0.1) is 6.07 Å². The topological polar surface area (TPSA) is 53.2 Å². The second-order valence-corrected chi connectivity index (χ2v) is 6.33. The Morgan fingerprint density at radius 2 is 1.79 bits per heavy atom. The number of nitriles is 1. The number of aliphatic imine (C=N–C) groups is 1. The zero-order valence-corrected chi connectivity index (χ0v) is 13.8. The van der Waals surface area contributed by atoms with Gasteiger partial charge in [-0.15, -0.1) is 0 Å². The number of nitrogens with zero attached hydrogens (tertiary/aromatic N) is 2. The summed E-state index contributed by atoms with van der Waals surface area (Å²) in [6.45, 7) is 1.58. The third-order valence-electron chi connectivity index (χ3n) is 4.65. The van der Waals surface area contributed by atoms with Crippen molar-refractivity contribution in [2.24, 2.45) is 4.99 Å². The highest BCUT2D eigenvalue weighted by Crippen LogP contribution is 2.42. The zero-order chi connectivity index (χ0) is 17.0. The van der Waals surface area contributed by atoms with E-state index in [9.17, 15) is 10.1 Å². The van der Waals surface area contributed by atoms with Crippen LogP contribution in [0.3, 0.4) is 0 Å². The van der Waals surface area contributed by atoms with Crippen molar-refractivity contribution in [1.82, 2.24) is 0 Å². The SMILES string of the molecule is CC(=O)CC(c1ccccc1)[C@]1(C#N)CCC(c2ccccc2)=N1. The van der Waals surface area contributed by atoms with E-state index in [0.29, 0.717) is 12.8 Å². The quantitative estimate of drug-likeness (QED) is 0.826. The summed E-state index contributed by atoms with van der Waals surface area (Å²) in [5.41, 5.74) is 2.16. The van der Waals surface area contributed by atoms with E-state index in [4.69, 9.17) is 4.99 Å². The van der Waals surface area contributed by atoms with Crippen LogP contribution in [0.25, 0.3) is 0 Å². The molecule has 0 aromatic heterocycles. The van der Waals surface area contributed by atoms with Crippen molar-refractivity contribution in [3.63, 3.8) is 0 Å². The summed E-state index contributed by atoms with van der Waals surface area (Å²) in [6, 6.07) is 22.2. The van der Waals surface area contributed by atoms with Crippen LogP contribution in [0.5, 0.6) is 0 Å². The number of carbonyl (C=O) groups is 1. The lowest BCUT2D eigenvalue weighted by atomic mass is 9.76. The van der Waals surface area contributed by atoms with E-state index in [-0.39, 0.29) is 11.7 Å². The Labute approximate surface area is 142 Å². The number of carbonyl (C=O) groups excluding carboxylic acids is 1. The highest BCUT2D eigenvalue weighted by molar-refractivity contribution is 6.02. The van der Waals surface area contributed by atoms with Gasteiger partial charge in [0.2, 0.25) is 0 Å². The van der Waals surface area contributed by atoms with Gasteiger partial charge in [-0.3, -0.25) is 4.99 Å². The predicted molar refractivity (Wildman–Crippen MR) is 95.0 cm³/mol. The molecule has 0 radical (unpaired) electrons. The molecule has 0 fully saturated rings. The van der Waals surface area contributed by atoms with E-state index in [0.717, 1.165) is 23.3 Å². The molecular weight excluding hydrogens is 296 g/mol. The van der Waals surface area contributed by atoms with Crippen LogP contribution in [-0.2, 0) is 4.79 Å². The van der Waals surface area contributed by atoms with Gasteiger partial charge < -0.3 is 4.79 Å². The van der Waals surface area contributed by atoms with E-state index < -0.39 is 5.54 Å². The molecule has 24 heavy (non-hydrogen) atoms. The van der Waals surface area contributed by atoms with Gasteiger partial charge in [0.1, 0.15) is 5.78 Å². The summed E-state index contributed by atoms with van der Waals surface area (Å²) < 4.78 is 0. The first-order valence-corrected chi connectivity index (χ1v) is 8.24. The fourth-order valence-electron chi connectivity index (χ4n) is 3.45. The van der Waals surface area contributed by atoms with Gasteiger partial charge >= 0.3 is 0 Å². The fourth-order valence-corrected chi connectivity index (χ4v) is 3.45. The van der Waals surface area contributed by atoms with Gasteiger partial charge in [-0.25, -0.2) is 0 Å². The first-order valence-electron chi connectivity index (χ1n) is 8.24. The van der Waals surface area contributed by atoms with Crippen LogP contribution in [0.4, 0.5) is 0 Å². The molecule has 2 aromatic rings. The zero-order valence-electron chi connectivity index (χ0n) is 13.8. The van der Waals surface area contributed by atoms with E-state index in [1.807, 2.05) is 60.7 Å². The molecule has 3 rings (SSSR count). The summed E-state index contributed by atoms with van der Waals surface area (Å²) in [7, 11) is 0. The lowest BCUT2D eigenvalue weighted by molar-refractivity contribution is -0.117. The molecule has 1 aliphatic heterocycles. The Bertz CT molecular complexity index is 790. The third kappa shape index (κ3) is 3.14. The second-order valence-electron chi connectivity index (χ2n) is 6.33. The Morgan fingerprint density at radius 3 is 2.38 bits per heavy atom.